The van der Waals surface area contributed by atoms with Crippen LogP contribution in [0.5, 0.6) is 0 Å². The molecule has 0 radical (unpaired) electrons. The SMILES string of the molecule is c1cc(-c2noc(CN3CCC[C@@H]4CCCC[C@H]43)n2)cs1. The van der Waals surface area contributed by atoms with Crippen molar-refractivity contribution in [3.63, 3.8) is 0 Å². The Bertz CT molecular complexity index is 578. The van der Waals surface area contributed by atoms with Gasteiger partial charge in [0.15, 0.2) is 0 Å². The number of hydrogen-bond donors (Lipinski definition) is 0. The average Bonchev–Trinajstić information content (AvgIpc) is 3.18. The van der Waals surface area contributed by atoms with Crippen molar-refractivity contribution in [3.8, 4) is 11.4 Å². The summed E-state index contributed by atoms with van der Waals surface area (Å²) >= 11 is 1.66. The molecule has 5 heteroatoms. The van der Waals surface area contributed by atoms with Gasteiger partial charge < -0.3 is 4.52 Å². The monoisotopic (exact) mass is 303 g/mol. The number of rotatable bonds is 3. The molecule has 0 aromatic carbocycles. The Hall–Kier alpha value is -1.20. The third-order valence-corrected chi connectivity index (χ3v) is 5.63. The van der Waals surface area contributed by atoms with Gasteiger partial charge in [-0.3, -0.25) is 4.90 Å². The van der Waals surface area contributed by atoms with E-state index in [0.717, 1.165) is 35.8 Å². The molecule has 3 heterocycles. The smallest absolute Gasteiger partial charge is 0.241 e. The molecule has 1 saturated carbocycles. The van der Waals surface area contributed by atoms with Crippen molar-refractivity contribution in [3.05, 3.63) is 22.7 Å². The first kappa shape index (κ1) is 13.5. The van der Waals surface area contributed by atoms with Gasteiger partial charge in [-0.05, 0) is 49.6 Å². The number of piperidine rings is 1. The van der Waals surface area contributed by atoms with Crippen LogP contribution in [0.3, 0.4) is 0 Å². The van der Waals surface area contributed by atoms with Crippen molar-refractivity contribution in [1.82, 2.24) is 15.0 Å². The highest BCUT2D eigenvalue weighted by atomic mass is 32.1. The normalized spacial score (nSPS) is 26.7. The second kappa shape index (κ2) is 5.89. The van der Waals surface area contributed by atoms with Crippen molar-refractivity contribution in [2.75, 3.05) is 6.54 Å². The van der Waals surface area contributed by atoms with Crippen molar-refractivity contribution in [1.29, 1.82) is 0 Å². The quantitative estimate of drug-likeness (QED) is 0.861. The van der Waals surface area contributed by atoms with E-state index in [0.29, 0.717) is 0 Å². The van der Waals surface area contributed by atoms with Gasteiger partial charge in [-0.1, -0.05) is 18.0 Å². The molecule has 4 rings (SSSR count). The molecule has 0 amide bonds. The number of likely N-dealkylation sites (tertiary alicyclic amines) is 1. The van der Waals surface area contributed by atoms with Gasteiger partial charge in [-0.15, -0.1) is 0 Å². The zero-order valence-electron chi connectivity index (χ0n) is 12.2. The lowest BCUT2D eigenvalue weighted by molar-refractivity contribution is 0.0466. The van der Waals surface area contributed by atoms with Gasteiger partial charge in [0.2, 0.25) is 11.7 Å². The van der Waals surface area contributed by atoms with E-state index in [9.17, 15) is 0 Å². The van der Waals surface area contributed by atoms with E-state index in [1.54, 1.807) is 11.3 Å². The van der Waals surface area contributed by atoms with Gasteiger partial charge in [-0.2, -0.15) is 16.3 Å². The Morgan fingerprint density at radius 1 is 1.24 bits per heavy atom. The standard InChI is InChI=1S/C16H21N3OS/c1-2-6-14-12(4-1)5-3-8-19(14)10-15-17-16(18-20-15)13-7-9-21-11-13/h7,9,11-12,14H,1-6,8,10H2/t12-,14+/m0/s1. The van der Waals surface area contributed by atoms with Crippen LogP contribution < -0.4 is 0 Å². The maximum Gasteiger partial charge on any atom is 0.241 e. The lowest BCUT2D eigenvalue weighted by Crippen LogP contribution is -2.46. The summed E-state index contributed by atoms with van der Waals surface area (Å²) in [6.45, 7) is 2.00. The summed E-state index contributed by atoms with van der Waals surface area (Å²) < 4.78 is 5.47. The first-order valence-electron chi connectivity index (χ1n) is 7.99. The summed E-state index contributed by atoms with van der Waals surface area (Å²) in [4.78, 5) is 7.15. The molecule has 2 atom stereocenters. The third-order valence-electron chi connectivity index (χ3n) is 4.94. The first-order valence-corrected chi connectivity index (χ1v) is 8.93. The van der Waals surface area contributed by atoms with E-state index < -0.39 is 0 Å². The van der Waals surface area contributed by atoms with Gasteiger partial charge in [0.25, 0.3) is 0 Å². The van der Waals surface area contributed by atoms with Gasteiger partial charge in [-0.25, -0.2) is 0 Å². The maximum absolute atomic E-state index is 5.47. The van der Waals surface area contributed by atoms with Crippen LogP contribution >= 0.6 is 11.3 Å². The molecular weight excluding hydrogens is 282 g/mol. The Morgan fingerprint density at radius 3 is 3.05 bits per heavy atom. The lowest BCUT2D eigenvalue weighted by Gasteiger charge is -2.43. The molecule has 0 N–H and O–H groups in total. The molecule has 1 saturated heterocycles. The zero-order valence-corrected chi connectivity index (χ0v) is 13.0. The molecular formula is C16H21N3OS. The lowest BCUT2D eigenvalue weighted by atomic mass is 9.78. The van der Waals surface area contributed by atoms with Gasteiger partial charge >= 0.3 is 0 Å². The summed E-state index contributed by atoms with van der Waals surface area (Å²) in [6, 6.07) is 2.78. The molecule has 2 aromatic rings. The van der Waals surface area contributed by atoms with Crippen LogP contribution in [0.2, 0.25) is 0 Å². The zero-order chi connectivity index (χ0) is 14.1. The highest BCUT2D eigenvalue weighted by Gasteiger charge is 2.33. The largest absolute Gasteiger partial charge is 0.338 e. The summed E-state index contributed by atoms with van der Waals surface area (Å²) in [5.41, 5.74) is 1.06. The van der Waals surface area contributed by atoms with E-state index in [1.165, 1.54) is 45.1 Å². The van der Waals surface area contributed by atoms with Crippen LogP contribution in [-0.2, 0) is 6.54 Å². The summed E-state index contributed by atoms with van der Waals surface area (Å²) in [5.74, 6) is 2.39. The number of hydrogen-bond acceptors (Lipinski definition) is 5. The molecule has 1 aliphatic carbocycles. The minimum absolute atomic E-state index is 0.725. The second-order valence-electron chi connectivity index (χ2n) is 6.25. The number of fused-ring (bicyclic) bond motifs is 1. The summed E-state index contributed by atoms with van der Waals surface area (Å²) in [6.07, 6.45) is 8.26. The predicted octanol–water partition coefficient (Wildman–Crippen LogP) is 3.95. The fourth-order valence-corrected chi connectivity index (χ4v) is 4.56. The van der Waals surface area contributed by atoms with E-state index >= 15 is 0 Å². The number of aromatic nitrogens is 2. The van der Waals surface area contributed by atoms with Crippen molar-refractivity contribution >= 4 is 11.3 Å². The van der Waals surface area contributed by atoms with Crippen LogP contribution in [0, 0.1) is 5.92 Å². The Morgan fingerprint density at radius 2 is 2.14 bits per heavy atom. The van der Waals surface area contributed by atoms with Crippen molar-refractivity contribution in [2.24, 2.45) is 5.92 Å². The molecule has 2 fully saturated rings. The third kappa shape index (κ3) is 2.77. The van der Waals surface area contributed by atoms with Crippen molar-refractivity contribution in [2.45, 2.75) is 51.1 Å². The Labute approximate surface area is 129 Å². The van der Waals surface area contributed by atoms with E-state index in [2.05, 4.69) is 20.4 Å². The number of nitrogens with zero attached hydrogens (tertiary/aromatic N) is 3. The van der Waals surface area contributed by atoms with E-state index in [1.807, 2.05) is 11.4 Å². The summed E-state index contributed by atoms with van der Waals surface area (Å²) in [5, 5.41) is 8.23. The number of thiophene rings is 1. The molecule has 0 spiro atoms. The van der Waals surface area contributed by atoms with Gasteiger partial charge in [0.1, 0.15) is 0 Å². The average molecular weight is 303 g/mol. The van der Waals surface area contributed by atoms with Crippen LogP contribution in [-0.4, -0.2) is 27.6 Å². The van der Waals surface area contributed by atoms with Crippen LogP contribution in [0.4, 0.5) is 0 Å². The molecule has 0 bridgehead atoms. The van der Waals surface area contributed by atoms with Crippen LogP contribution in [0.25, 0.3) is 11.4 Å². The summed E-state index contributed by atoms with van der Waals surface area (Å²) in [7, 11) is 0. The molecule has 4 nitrogen and oxygen atoms in total. The highest BCUT2D eigenvalue weighted by Crippen LogP contribution is 2.35. The minimum atomic E-state index is 0.725. The van der Waals surface area contributed by atoms with E-state index in [4.69, 9.17) is 4.52 Å². The molecule has 21 heavy (non-hydrogen) atoms. The molecule has 0 unspecified atom stereocenters. The maximum atomic E-state index is 5.47. The van der Waals surface area contributed by atoms with Crippen LogP contribution in [0.15, 0.2) is 21.3 Å². The van der Waals surface area contributed by atoms with Gasteiger partial charge in [0, 0.05) is 17.0 Å². The Kier molecular flexibility index (Phi) is 3.78. The predicted molar refractivity (Wildman–Crippen MR) is 83.0 cm³/mol. The topological polar surface area (TPSA) is 42.2 Å². The molecule has 2 aliphatic rings. The fourth-order valence-electron chi connectivity index (χ4n) is 3.93. The minimum Gasteiger partial charge on any atom is -0.338 e. The molecule has 1 aliphatic heterocycles. The second-order valence-corrected chi connectivity index (χ2v) is 7.03. The van der Waals surface area contributed by atoms with Gasteiger partial charge in [0.05, 0.1) is 6.54 Å². The Balaban J connectivity index is 1.47. The fraction of sp³-hybridized carbons (Fsp3) is 0.625. The molecule has 2 aromatic heterocycles. The van der Waals surface area contributed by atoms with Crippen molar-refractivity contribution < 1.29 is 4.52 Å². The van der Waals surface area contributed by atoms with E-state index in [-0.39, 0.29) is 0 Å². The first-order chi connectivity index (χ1) is 10.4. The highest BCUT2D eigenvalue weighted by molar-refractivity contribution is 7.08. The molecule has 112 valence electrons. The van der Waals surface area contributed by atoms with Crippen LogP contribution in [0.1, 0.15) is 44.4 Å².